The molecule has 13 nitrogen and oxygen atoms in total. The van der Waals surface area contributed by atoms with Gasteiger partial charge in [0.2, 0.25) is 0 Å². The molecule has 0 aromatic heterocycles. The minimum Gasteiger partial charge on any atom is -0.460 e. The number of rotatable bonds is 19. The van der Waals surface area contributed by atoms with Gasteiger partial charge in [0.05, 0.1) is 37.8 Å². The van der Waals surface area contributed by atoms with Crippen molar-refractivity contribution in [3.8, 4) is 0 Å². The molecule has 2 unspecified atom stereocenters. The van der Waals surface area contributed by atoms with Crippen molar-refractivity contribution in [2.75, 3.05) is 0 Å². The highest BCUT2D eigenvalue weighted by atomic mass is 16.6. The monoisotopic (exact) mass is 853 g/mol. The zero-order valence-corrected chi connectivity index (χ0v) is 38.7. The van der Waals surface area contributed by atoms with Crippen molar-refractivity contribution in [3.05, 3.63) is 97.1 Å². The van der Waals surface area contributed by atoms with Crippen LogP contribution in [0.2, 0.25) is 0 Å². The molecule has 0 saturated carbocycles. The van der Waals surface area contributed by atoms with Gasteiger partial charge in [-0.3, -0.25) is 9.59 Å². The van der Waals surface area contributed by atoms with E-state index in [2.05, 4.69) is 13.2 Å². The summed E-state index contributed by atoms with van der Waals surface area (Å²) in [5.41, 5.74) is -0.315. The lowest BCUT2D eigenvalue weighted by Crippen LogP contribution is -2.52. The Morgan fingerprint density at radius 2 is 0.934 bits per heavy atom. The third kappa shape index (κ3) is 23.0. The van der Waals surface area contributed by atoms with Crippen LogP contribution in [-0.2, 0) is 60.8 Å². The number of esters is 3. The van der Waals surface area contributed by atoms with Crippen LogP contribution >= 0.6 is 0 Å². The van der Waals surface area contributed by atoms with Crippen LogP contribution in [0.1, 0.15) is 120 Å². The van der Waals surface area contributed by atoms with Gasteiger partial charge in [0.25, 0.3) is 0 Å². The molecule has 0 heterocycles. The number of carbonyl (C=O) groups excluding carboxylic acids is 5. The van der Waals surface area contributed by atoms with Crippen molar-refractivity contribution >= 4 is 30.1 Å². The van der Waals surface area contributed by atoms with Crippen LogP contribution in [0, 0.1) is 5.92 Å². The van der Waals surface area contributed by atoms with Crippen molar-refractivity contribution in [2.24, 2.45) is 5.92 Å². The summed E-state index contributed by atoms with van der Waals surface area (Å²) in [5, 5.41) is 0. The van der Waals surface area contributed by atoms with Crippen molar-refractivity contribution < 1.29 is 57.1 Å². The van der Waals surface area contributed by atoms with Gasteiger partial charge in [-0.15, -0.1) is 13.2 Å². The topological polar surface area (TPSA) is 153 Å². The quantitative estimate of drug-likeness (QED) is 0.0751. The molecule has 61 heavy (non-hydrogen) atoms. The van der Waals surface area contributed by atoms with Gasteiger partial charge in [0.15, 0.2) is 0 Å². The molecule has 0 fully saturated rings. The number of hydrogen-bond acceptors (Lipinski definition) is 12. The van der Waals surface area contributed by atoms with E-state index in [1.165, 1.54) is 6.92 Å². The zero-order valence-electron chi connectivity index (χ0n) is 38.7. The number of amides is 2. The lowest BCUT2D eigenvalue weighted by Gasteiger charge is -2.32. The highest BCUT2D eigenvalue weighted by Gasteiger charge is 2.39. The fourth-order valence-corrected chi connectivity index (χ4v) is 5.24. The Labute approximate surface area is 364 Å². The fourth-order valence-electron chi connectivity index (χ4n) is 5.24. The second-order valence-corrected chi connectivity index (χ2v) is 17.7. The van der Waals surface area contributed by atoms with Crippen molar-refractivity contribution in [2.45, 2.75) is 170 Å². The van der Waals surface area contributed by atoms with Gasteiger partial charge in [0, 0.05) is 0 Å². The van der Waals surface area contributed by atoms with E-state index in [9.17, 15) is 24.0 Å². The van der Waals surface area contributed by atoms with Gasteiger partial charge < -0.3 is 33.2 Å². The molecule has 340 valence electrons. The van der Waals surface area contributed by atoms with Gasteiger partial charge in [-0.05, 0) is 107 Å². The number of ether oxygens (including phenoxy) is 7. The third-order valence-electron chi connectivity index (χ3n) is 8.27. The SMILES string of the molecule is C=CCC(OCc1ccccc1)[C@H](C)OC(=O)[C@H](C)CC(=O)OC(C)(C)C.C=CCC(OCc1ccccc1)[C@H](C)OC(=O)[C@H](C)N(C(=O)OC(C)(C)C)C(=O)OC(C)(C)C. The number of imide groups is 1. The van der Waals surface area contributed by atoms with Crippen LogP contribution in [0.25, 0.3) is 0 Å². The van der Waals surface area contributed by atoms with E-state index in [1.54, 1.807) is 95.2 Å². The van der Waals surface area contributed by atoms with Gasteiger partial charge in [-0.2, -0.15) is 4.90 Å². The Morgan fingerprint density at radius 1 is 0.574 bits per heavy atom. The molecule has 0 bridgehead atoms. The highest BCUT2D eigenvalue weighted by molar-refractivity contribution is 5.94. The molecular formula is C48H71NO12. The molecule has 0 saturated heterocycles. The minimum atomic E-state index is -1.29. The summed E-state index contributed by atoms with van der Waals surface area (Å²) in [4.78, 5) is 63.3. The number of hydrogen-bond donors (Lipinski definition) is 0. The standard InChI is InChI=1S/C26H39NO7.C22H32O5/c1-10-14-21(31-17-20-15-12-11-13-16-20)19(3)32-22(28)18(2)27(23(29)33-25(4,5)6)24(30)34-26(7,8)9;1-7-11-19(25-15-18-12-9-8-10-13-18)17(3)26-21(24)16(2)14-20(23)27-22(4,5)6/h10-13,15-16,18-19,21H,1,14,17H2,2-9H3;7-10,12-13,16-17,19H,1,11,14-15H2,2-6H3/t18-,19-,21?;16-,17+,19?/m01/s1. The molecule has 2 aromatic carbocycles. The molecule has 0 radical (unpaired) electrons. The van der Waals surface area contributed by atoms with Crippen molar-refractivity contribution in [1.29, 1.82) is 0 Å². The summed E-state index contributed by atoms with van der Waals surface area (Å²) < 4.78 is 38.9. The summed E-state index contributed by atoms with van der Waals surface area (Å²) in [7, 11) is 0. The van der Waals surface area contributed by atoms with Crippen LogP contribution in [0.5, 0.6) is 0 Å². The molecule has 6 atom stereocenters. The van der Waals surface area contributed by atoms with Crippen LogP contribution in [0.4, 0.5) is 9.59 Å². The number of nitrogens with zero attached hydrogens (tertiary/aromatic N) is 1. The predicted octanol–water partition coefficient (Wildman–Crippen LogP) is 10.1. The second kappa shape index (κ2) is 25.7. The van der Waals surface area contributed by atoms with E-state index < -0.39 is 77.2 Å². The van der Waals surface area contributed by atoms with Gasteiger partial charge in [-0.1, -0.05) is 79.7 Å². The first kappa shape index (κ1) is 54.0. The smallest absolute Gasteiger partial charge is 0.420 e. The summed E-state index contributed by atoms with van der Waals surface area (Å²) in [5.74, 6) is -2.23. The number of benzene rings is 2. The van der Waals surface area contributed by atoms with Gasteiger partial charge in [0.1, 0.15) is 35.1 Å². The molecule has 0 N–H and O–H groups in total. The second-order valence-electron chi connectivity index (χ2n) is 17.7. The van der Waals surface area contributed by atoms with Crippen LogP contribution in [0.3, 0.4) is 0 Å². The Bertz CT molecular complexity index is 1650. The van der Waals surface area contributed by atoms with E-state index >= 15 is 0 Å². The molecular weight excluding hydrogens is 783 g/mol. The molecule has 2 aromatic rings. The Hall–Kier alpha value is -5.01. The average Bonchev–Trinajstić information content (AvgIpc) is 3.13. The van der Waals surface area contributed by atoms with Crippen LogP contribution in [0.15, 0.2) is 86.0 Å². The van der Waals surface area contributed by atoms with Crippen molar-refractivity contribution in [1.82, 2.24) is 4.90 Å². The molecule has 0 aliphatic rings. The molecule has 0 aliphatic heterocycles. The molecule has 13 heteroatoms. The van der Waals surface area contributed by atoms with Gasteiger partial charge in [-0.25, -0.2) is 14.4 Å². The molecule has 0 aliphatic carbocycles. The first-order valence-electron chi connectivity index (χ1n) is 20.7. The lowest BCUT2D eigenvalue weighted by molar-refractivity contribution is -0.167. The Kier molecular flexibility index (Phi) is 22.7. The first-order valence-corrected chi connectivity index (χ1v) is 20.7. The highest BCUT2D eigenvalue weighted by Crippen LogP contribution is 2.21. The normalized spacial score (nSPS) is 14.5. The van der Waals surface area contributed by atoms with E-state index in [0.717, 1.165) is 11.1 Å². The summed E-state index contributed by atoms with van der Waals surface area (Å²) in [6.45, 7) is 30.1. The first-order chi connectivity index (χ1) is 28.3. The molecule has 0 spiro atoms. The van der Waals surface area contributed by atoms with E-state index in [1.807, 2.05) is 60.7 Å². The summed E-state index contributed by atoms with van der Waals surface area (Å²) >= 11 is 0. The van der Waals surface area contributed by atoms with E-state index in [0.29, 0.717) is 31.0 Å². The maximum absolute atomic E-state index is 13.0. The third-order valence-corrected chi connectivity index (χ3v) is 8.27. The predicted molar refractivity (Wildman–Crippen MR) is 234 cm³/mol. The zero-order chi connectivity index (χ0) is 46.6. The largest absolute Gasteiger partial charge is 0.460 e. The summed E-state index contributed by atoms with van der Waals surface area (Å²) in [6, 6.07) is 18.1. The van der Waals surface area contributed by atoms with E-state index in [4.69, 9.17) is 33.2 Å². The van der Waals surface area contributed by atoms with Crippen LogP contribution in [-0.4, -0.2) is 82.3 Å². The lowest BCUT2D eigenvalue weighted by atomic mass is 10.1. The average molecular weight is 854 g/mol. The maximum Gasteiger partial charge on any atom is 0.420 e. The van der Waals surface area contributed by atoms with Crippen LogP contribution < -0.4 is 0 Å². The Balaban J connectivity index is 0.000000626. The fraction of sp³-hybridized carbons (Fsp3) is 0.562. The Morgan fingerprint density at radius 3 is 1.28 bits per heavy atom. The summed E-state index contributed by atoms with van der Waals surface area (Å²) in [6.07, 6.45) is 0.505. The van der Waals surface area contributed by atoms with Crippen molar-refractivity contribution in [3.63, 3.8) is 0 Å². The van der Waals surface area contributed by atoms with E-state index in [-0.39, 0.29) is 12.5 Å². The number of carbonyl (C=O) groups is 5. The molecule has 2 rings (SSSR count). The minimum absolute atomic E-state index is 0.0141. The van der Waals surface area contributed by atoms with Gasteiger partial charge >= 0.3 is 30.1 Å². The molecule has 2 amide bonds. The maximum atomic E-state index is 13.0.